The first-order valence-corrected chi connectivity index (χ1v) is 11.2. The van der Waals surface area contributed by atoms with Gasteiger partial charge in [-0.1, -0.05) is 29.8 Å². The van der Waals surface area contributed by atoms with Gasteiger partial charge in [-0.25, -0.2) is 13.1 Å². The maximum Gasteiger partial charge on any atom is 0.290 e. The van der Waals surface area contributed by atoms with Crippen LogP contribution >= 0.6 is 11.6 Å². The predicted molar refractivity (Wildman–Crippen MR) is 113 cm³/mol. The fraction of sp³-hybridized carbons (Fsp3) is 0.368. The van der Waals surface area contributed by atoms with Crippen molar-refractivity contribution in [2.45, 2.75) is 11.3 Å². The molecule has 156 valence electrons. The average molecular weight is 439 g/mol. The summed E-state index contributed by atoms with van der Waals surface area (Å²) in [7, 11) is -3.98. The van der Waals surface area contributed by atoms with Crippen molar-refractivity contribution in [3.8, 4) is 0 Å². The van der Waals surface area contributed by atoms with Gasteiger partial charge in [0.25, 0.3) is 5.69 Å². The Balaban J connectivity index is 1.47. The van der Waals surface area contributed by atoms with Gasteiger partial charge >= 0.3 is 0 Å². The van der Waals surface area contributed by atoms with Gasteiger partial charge in [0, 0.05) is 49.5 Å². The van der Waals surface area contributed by atoms with E-state index in [0.29, 0.717) is 6.42 Å². The molecule has 1 saturated heterocycles. The highest BCUT2D eigenvalue weighted by atomic mass is 35.5. The third kappa shape index (κ3) is 5.66. The second-order valence-electron chi connectivity index (χ2n) is 6.78. The van der Waals surface area contributed by atoms with E-state index in [1.54, 1.807) is 0 Å². The van der Waals surface area contributed by atoms with E-state index in [4.69, 9.17) is 11.6 Å². The molecule has 0 bridgehead atoms. The number of piperazine rings is 1. The lowest BCUT2D eigenvalue weighted by Crippen LogP contribution is -2.47. The van der Waals surface area contributed by atoms with E-state index < -0.39 is 20.6 Å². The molecule has 0 amide bonds. The van der Waals surface area contributed by atoms with Gasteiger partial charge in [0.15, 0.2) is 4.90 Å². The Bertz CT molecular complexity index is 948. The summed E-state index contributed by atoms with van der Waals surface area (Å²) in [4.78, 5) is 14.6. The summed E-state index contributed by atoms with van der Waals surface area (Å²) in [6.45, 7) is 4.63. The summed E-state index contributed by atoms with van der Waals surface area (Å²) < 4.78 is 27.3. The summed E-state index contributed by atoms with van der Waals surface area (Å²) in [5, 5.41) is 11.2. The number of nitro groups is 1. The zero-order valence-corrected chi connectivity index (χ0v) is 17.4. The number of nitro benzene ring substituents is 1. The molecule has 2 aromatic rings. The molecule has 0 unspecified atom stereocenters. The molecule has 0 atom stereocenters. The maximum atomic E-state index is 12.4. The van der Waals surface area contributed by atoms with Crippen molar-refractivity contribution in [1.82, 2.24) is 9.62 Å². The molecule has 29 heavy (non-hydrogen) atoms. The van der Waals surface area contributed by atoms with Crippen molar-refractivity contribution in [2.75, 3.05) is 44.2 Å². The number of hydrogen-bond acceptors (Lipinski definition) is 6. The van der Waals surface area contributed by atoms with Gasteiger partial charge in [0.2, 0.25) is 10.0 Å². The molecular weight excluding hydrogens is 416 g/mol. The molecule has 0 aromatic heterocycles. The highest BCUT2D eigenvalue weighted by Gasteiger charge is 2.25. The van der Waals surface area contributed by atoms with E-state index in [0.717, 1.165) is 44.9 Å². The monoisotopic (exact) mass is 438 g/mol. The van der Waals surface area contributed by atoms with E-state index in [1.165, 1.54) is 11.8 Å². The van der Waals surface area contributed by atoms with Crippen LogP contribution in [-0.2, 0) is 10.0 Å². The van der Waals surface area contributed by atoms with Crippen molar-refractivity contribution in [2.24, 2.45) is 0 Å². The van der Waals surface area contributed by atoms with Gasteiger partial charge in [0.05, 0.1) is 4.92 Å². The Morgan fingerprint density at radius 2 is 1.76 bits per heavy atom. The molecule has 0 radical (unpaired) electrons. The Hall–Kier alpha value is -2.20. The van der Waals surface area contributed by atoms with Crippen LogP contribution in [0.3, 0.4) is 0 Å². The molecule has 3 rings (SSSR count). The Morgan fingerprint density at radius 1 is 1.07 bits per heavy atom. The second kappa shape index (κ2) is 9.53. The first-order valence-electron chi connectivity index (χ1n) is 9.33. The summed E-state index contributed by atoms with van der Waals surface area (Å²) in [5.41, 5.74) is 0.687. The van der Waals surface area contributed by atoms with Gasteiger partial charge in [-0.05, 0) is 37.2 Å². The number of nitrogens with zero attached hydrogens (tertiary/aromatic N) is 3. The first-order chi connectivity index (χ1) is 13.9. The minimum absolute atomic E-state index is 0.116. The van der Waals surface area contributed by atoms with Crippen LogP contribution in [0.5, 0.6) is 0 Å². The zero-order chi connectivity index (χ0) is 20.9. The quantitative estimate of drug-likeness (QED) is 0.387. The topological polar surface area (TPSA) is 95.8 Å². The zero-order valence-electron chi connectivity index (χ0n) is 15.8. The van der Waals surface area contributed by atoms with E-state index in [1.807, 2.05) is 18.2 Å². The molecule has 8 nitrogen and oxygen atoms in total. The lowest BCUT2D eigenvalue weighted by Gasteiger charge is -2.36. The van der Waals surface area contributed by atoms with Crippen LogP contribution in [0.15, 0.2) is 53.4 Å². The normalized spacial score (nSPS) is 15.4. The van der Waals surface area contributed by atoms with Crippen molar-refractivity contribution >= 4 is 33.0 Å². The number of anilines is 1. The summed E-state index contributed by atoms with van der Waals surface area (Å²) in [5.74, 6) is 0. The number of rotatable bonds is 8. The molecular formula is C19H23ClN4O4S. The third-order valence-electron chi connectivity index (χ3n) is 4.84. The molecule has 1 fully saturated rings. The second-order valence-corrected chi connectivity index (χ2v) is 8.96. The highest BCUT2D eigenvalue weighted by Crippen LogP contribution is 2.27. The molecule has 0 spiro atoms. The number of halogens is 1. The minimum atomic E-state index is -3.98. The largest absolute Gasteiger partial charge is 0.369 e. The SMILES string of the molecule is O=[N+]([O-])c1cc(Cl)ccc1S(=O)(=O)NCCCN1CCN(c2ccccc2)CC1. The van der Waals surface area contributed by atoms with Crippen molar-refractivity contribution < 1.29 is 13.3 Å². The van der Waals surface area contributed by atoms with Crippen molar-refractivity contribution in [3.63, 3.8) is 0 Å². The average Bonchev–Trinajstić information content (AvgIpc) is 2.72. The summed E-state index contributed by atoms with van der Waals surface area (Å²) >= 11 is 5.74. The van der Waals surface area contributed by atoms with E-state index in [9.17, 15) is 18.5 Å². The molecule has 1 heterocycles. The van der Waals surface area contributed by atoms with Gasteiger partial charge < -0.3 is 4.90 Å². The fourth-order valence-electron chi connectivity index (χ4n) is 3.32. The van der Waals surface area contributed by atoms with Crippen molar-refractivity contribution in [1.29, 1.82) is 0 Å². The smallest absolute Gasteiger partial charge is 0.290 e. The maximum absolute atomic E-state index is 12.4. The number of nitrogens with one attached hydrogen (secondary N) is 1. The molecule has 0 aliphatic carbocycles. The number of para-hydroxylation sites is 1. The number of sulfonamides is 1. The highest BCUT2D eigenvalue weighted by molar-refractivity contribution is 7.89. The summed E-state index contributed by atoms with van der Waals surface area (Å²) in [6, 6.07) is 13.8. The van der Waals surface area contributed by atoms with E-state index in [2.05, 4.69) is 26.7 Å². The predicted octanol–water partition coefficient (Wildman–Crippen LogP) is 2.74. The first kappa shape index (κ1) is 21.5. The van der Waals surface area contributed by atoms with Crippen LogP contribution < -0.4 is 9.62 Å². The van der Waals surface area contributed by atoms with Gasteiger partial charge in [-0.3, -0.25) is 15.0 Å². The van der Waals surface area contributed by atoms with Crippen LogP contribution in [0.1, 0.15) is 6.42 Å². The minimum Gasteiger partial charge on any atom is -0.369 e. The van der Waals surface area contributed by atoms with Crippen molar-refractivity contribution in [3.05, 3.63) is 63.7 Å². The molecule has 1 aliphatic heterocycles. The molecule has 1 N–H and O–H groups in total. The van der Waals surface area contributed by atoms with Gasteiger partial charge in [-0.2, -0.15) is 0 Å². The van der Waals surface area contributed by atoms with Crippen LogP contribution in [-0.4, -0.2) is 57.5 Å². The molecule has 0 saturated carbocycles. The summed E-state index contributed by atoms with van der Waals surface area (Å²) in [6.07, 6.45) is 0.617. The van der Waals surface area contributed by atoms with Crippen LogP contribution in [0.4, 0.5) is 11.4 Å². The Labute approximate surface area is 175 Å². The molecule has 1 aliphatic rings. The fourth-order valence-corrected chi connectivity index (χ4v) is 4.71. The van der Waals surface area contributed by atoms with Crippen LogP contribution in [0.25, 0.3) is 0 Å². The molecule has 2 aromatic carbocycles. The Kier molecular flexibility index (Phi) is 7.07. The van der Waals surface area contributed by atoms with E-state index >= 15 is 0 Å². The Morgan fingerprint density at radius 3 is 2.41 bits per heavy atom. The standard InChI is InChI=1S/C19H23ClN4O4S/c20-16-7-8-19(18(15-16)24(25)26)29(27,28)21-9-4-10-22-11-13-23(14-12-22)17-5-2-1-3-6-17/h1-3,5-8,15,21H,4,9-14H2. The van der Waals surface area contributed by atoms with Gasteiger partial charge in [0.1, 0.15) is 0 Å². The number of benzene rings is 2. The van der Waals surface area contributed by atoms with Crippen LogP contribution in [0.2, 0.25) is 5.02 Å². The van der Waals surface area contributed by atoms with Gasteiger partial charge in [-0.15, -0.1) is 0 Å². The molecule has 10 heteroatoms. The van der Waals surface area contributed by atoms with Crippen LogP contribution in [0, 0.1) is 10.1 Å². The number of hydrogen-bond donors (Lipinski definition) is 1. The lowest BCUT2D eigenvalue weighted by atomic mass is 10.2. The third-order valence-corrected chi connectivity index (χ3v) is 6.59. The lowest BCUT2D eigenvalue weighted by molar-refractivity contribution is -0.387. The van der Waals surface area contributed by atoms with E-state index in [-0.39, 0.29) is 16.5 Å².